The zero-order valence-corrected chi connectivity index (χ0v) is 12.4. The van der Waals surface area contributed by atoms with E-state index in [1.54, 1.807) is 6.07 Å². The molecule has 1 atom stereocenters. The van der Waals surface area contributed by atoms with Gasteiger partial charge in [-0.05, 0) is 49.3 Å². The summed E-state index contributed by atoms with van der Waals surface area (Å²) >= 11 is 1.93. The maximum Gasteiger partial charge on any atom is 0.251 e. The van der Waals surface area contributed by atoms with Gasteiger partial charge in [0.1, 0.15) is 6.61 Å². The Labute approximate surface area is 124 Å². The Morgan fingerprint density at radius 1 is 1.50 bits per heavy atom. The number of thioether (sulfide) groups is 1. The molecule has 0 spiro atoms. The van der Waals surface area contributed by atoms with Gasteiger partial charge in [0.05, 0.1) is 0 Å². The van der Waals surface area contributed by atoms with Crippen LogP contribution in [0.5, 0.6) is 0 Å². The van der Waals surface area contributed by atoms with Gasteiger partial charge in [0.15, 0.2) is 0 Å². The van der Waals surface area contributed by atoms with Crippen LogP contribution in [-0.4, -0.2) is 35.2 Å². The third kappa shape index (κ3) is 4.29. The van der Waals surface area contributed by atoms with Crippen molar-refractivity contribution in [2.24, 2.45) is 0 Å². The van der Waals surface area contributed by atoms with Crippen molar-refractivity contribution in [2.45, 2.75) is 25.0 Å². The maximum atomic E-state index is 12.2. The van der Waals surface area contributed by atoms with E-state index in [4.69, 9.17) is 5.11 Å². The van der Waals surface area contributed by atoms with Crippen LogP contribution in [0.25, 0.3) is 0 Å². The highest BCUT2D eigenvalue weighted by atomic mass is 32.2. The predicted molar refractivity (Wildman–Crippen MR) is 83.0 cm³/mol. The fraction of sp³-hybridized carbons (Fsp3) is 0.438. The summed E-state index contributed by atoms with van der Waals surface area (Å²) in [4.78, 5) is 12.2. The Morgan fingerprint density at radius 2 is 2.35 bits per heavy atom. The highest BCUT2D eigenvalue weighted by molar-refractivity contribution is 8.00. The number of aliphatic hydroxyl groups excluding tert-OH is 1. The van der Waals surface area contributed by atoms with Crippen molar-refractivity contribution >= 4 is 17.7 Å². The van der Waals surface area contributed by atoms with Crippen LogP contribution < -0.4 is 5.32 Å². The number of hydrogen-bond donors (Lipinski definition) is 2. The summed E-state index contributed by atoms with van der Waals surface area (Å²) in [5, 5.41) is 12.3. The Bertz CT molecular complexity index is 539. The van der Waals surface area contributed by atoms with E-state index in [1.807, 2.05) is 30.8 Å². The lowest BCUT2D eigenvalue weighted by Crippen LogP contribution is -2.29. The van der Waals surface area contributed by atoms with Crippen molar-refractivity contribution in [1.29, 1.82) is 0 Å². The second kappa shape index (κ2) is 7.37. The van der Waals surface area contributed by atoms with Crippen molar-refractivity contribution in [3.05, 3.63) is 34.9 Å². The van der Waals surface area contributed by atoms with Gasteiger partial charge in [-0.15, -0.1) is 0 Å². The summed E-state index contributed by atoms with van der Waals surface area (Å²) in [5.41, 5.74) is 2.39. The molecule has 1 aliphatic heterocycles. The Kier molecular flexibility index (Phi) is 5.51. The van der Waals surface area contributed by atoms with Gasteiger partial charge in [0, 0.05) is 22.9 Å². The van der Waals surface area contributed by atoms with Crippen molar-refractivity contribution in [2.75, 3.05) is 18.9 Å². The third-order valence-corrected chi connectivity index (χ3v) is 4.56. The monoisotopic (exact) mass is 289 g/mol. The molecule has 20 heavy (non-hydrogen) atoms. The van der Waals surface area contributed by atoms with E-state index in [0.717, 1.165) is 17.7 Å². The lowest BCUT2D eigenvalue weighted by atomic mass is 10.1. The molecular weight excluding hydrogens is 270 g/mol. The molecule has 0 saturated carbocycles. The number of carbonyl (C=O) groups is 1. The average molecular weight is 289 g/mol. The second-order valence-electron chi connectivity index (χ2n) is 4.89. The molecule has 2 rings (SSSR count). The first-order valence-electron chi connectivity index (χ1n) is 6.80. The maximum absolute atomic E-state index is 12.2. The van der Waals surface area contributed by atoms with Crippen molar-refractivity contribution in [3.8, 4) is 11.8 Å². The van der Waals surface area contributed by atoms with Gasteiger partial charge in [0.25, 0.3) is 5.91 Å². The lowest BCUT2D eigenvalue weighted by Gasteiger charge is -2.10. The standard InChI is InChI=1S/C16H19NO2S/c1-12-8-13(4-2-6-18)10-14(9-12)16(19)17-11-15-5-3-7-20-15/h8-10,15,18H,3,5-7,11H2,1H3,(H,17,19). The topological polar surface area (TPSA) is 49.3 Å². The third-order valence-electron chi connectivity index (χ3n) is 3.17. The molecule has 1 unspecified atom stereocenters. The summed E-state index contributed by atoms with van der Waals surface area (Å²) in [6, 6.07) is 5.54. The number of nitrogens with one attached hydrogen (secondary N) is 1. The smallest absolute Gasteiger partial charge is 0.251 e. The molecule has 2 N–H and O–H groups in total. The molecule has 1 aromatic carbocycles. The summed E-state index contributed by atoms with van der Waals surface area (Å²) < 4.78 is 0. The zero-order chi connectivity index (χ0) is 14.4. The molecule has 0 aromatic heterocycles. The highest BCUT2D eigenvalue weighted by Gasteiger charge is 2.16. The Morgan fingerprint density at radius 3 is 3.05 bits per heavy atom. The minimum absolute atomic E-state index is 0.0479. The molecule has 1 saturated heterocycles. The van der Waals surface area contributed by atoms with E-state index in [0.29, 0.717) is 10.8 Å². The van der Waals surface area contributed by atoms with Gasteiger partial charge in [-0.2, -0.15) is 11.8 Å². The minimum atomic E-state index is -0.172. The van der Waals surface area contributed by atoms with Gasteiger partial charge in [-0.1, -0.05) is 11.8 Å². The van der Waals surface area contributed by atoms with E-state index in [2.05, 4.69) is 17.2 Å². The van der Waals surface area contributed by atoms with E-state index in [1.165, 1.54) is 18.6 Å². The van der Waals surface area contributed by atoms with Gasteiger partial charge in [-0.3, -0.25) is 4.79 Å². The van der Waals surface area contributed by atoms with Crippen molar-refractivity contribution in [3.63, 3.8) is 0 Å². The van der Waals surface area contributed by atoms with Crippen LogP contribution >= 0.6 is 11.8 Å². The summed E-state index contributed by atoms with van der Waals surface area (Å²) in [6.45, 7) is 2.50. The molecule has 1 amide bonds. The molecule has 0 aliphatic carbocycles. The van der Waals surface area contributed by atoms with Crippen LogP contribution in [0.4, 0.5) is 0 Å². The van der Waals surface area contributed by atoms with Crippen LogP contribution in [0, 0.1) is 18.8 Å². The number of aryl methyl sites for hydroxylation is 1. The van der Waals surface area contributed by atoms with Crippen LogP contribution in [0.15, 0.2) is 18.2 Å². The lowest BCUT2D eigenvalue weighted by molar-refractivity contribution is 0.0953. The number of rotatable bonds is 3. The van der Waals surface area contributed by atoms with E-state index in [-0.39, 0.29) is 12.5 Å². The molecule has 3 nitrogen and oxygen atoms in total. The number of carbonyl (C=O) groups excluding carboxylic acids is 1. The van der Waals surface area contributed by atoms with Gasteiger partial charge >= 0.3 is 0 Å². The fourth-order valence-corrected chi connectivity index (χ4v) is 3.44. The molecule has 0 bridgehead atoms. The van der Waals surface area contributed by atoms with Gasteiger partial charge < -0.3 is 10.4 Å². The van der Waals surface area contributed by atoms with Crippen LogP contribution in [0.3, 0.4) is 0 Å². The molecule has 1 aromatic rings. The SMILES string of the molecule is Cc1cc(C#CCO)cc(C(=O)NCC2CCCS2)c1. The van der Waals surface area contributed by atoms with E-state index >= 15 is 0 Å². The molecule has 1 aliphatic rings. The quantitative estimate of drug-likeness (QED) is 0.836. The molecular formula is C16H19NO2S. The van der Waals surface area contributed by atoms with Crippen LogP contribution in [0.2, 0.25) is 0 Å². The Balaban J connectivity index is 2.02. The number of hydrogen-bond acceptors (Lipinski definition) is 3. The largest absolute Gasteiger partial charge is 0.384 e. The zero-order valence-electron chi connectivity index (χ0n) is 11.6. The molecule has 1 fully saturated rings. The number of aliphatic hydroxyl groups is 1. The van der Waals surface area contributed by atoms with Gasteiger partial charge in [-0.25, -0.2) is 0 Å². The Hall–Kier alpha value is -1.44. The molecule has 106 valence electrons. The van der Waals surface area contributed by atoms with Crippen molar-refractivity contribution in [1.82, 2.24) is 5.32 Å². The highest BCUT2D eigenvalue weighted by Crippen LogP contribution is 2.25. The summed E-state index contributed by atoms with van der Waals surface area (Å²) in [7, 11) is 0. The normalized spacial score (nSPS) is 17.4. The second-order valence-corrected chi connectivity index (χ2v) is 6.30. The number of benzene rings is 1. The van der Waals surface area contributed by atoms with Crippen LogP contribution in [-0.2, 0) is 0 Å². The van der Waals surface area contributed by atoms with Gasteiger partial charge in [0.2, 0.25) is 0 Å². The fourth-order valence-electron chi connectivity index (χ4n) is 2.24. The average Bonchev–Trinajstić information content (AvgIpc) is 2.95. The molecule has 1 heterocycles. The van der Waals surface area contributed by atoms with E-state index in [9.17, 15) is 4.79 Å². The van der Waals surface area contributed by atoms with E-state index < -0.39 is 0 Å². The van der Waals surface area contributed by atoms with Crippen LogP contribution in [0.1, 0.15) is 34.3 Å². The molecule has 4 heteroatoms. The summed E-state index contributed by atoms with van der Waals surface area (Å²) in [6.07, 6.45) is 2.43. The summed E-state index contributed by atoms with van der Waals surface area (Å²) in [5.74, 6) is 6.60. The first kappa shape index (κ1) is 15.0. The first-order chi connectivity index (χ1) is 9.69. The van der Waals surface area contributed by atoms with Crippen molar-refractivity contribution < 1.29 is 9.90 Å². The first-order valence-corrected chi connectivity index (χ1v) is 7.85. The minimum Gasteiger partial charge on any atom is -0.384 e. The number of amides is 1. The predicted octanol–water partition coefficient (Wildman–Crippen LogP) is 1.96. The molecule has 0 radical (unpaired) electrons.